The Balaban J connectivity index is 1.52. The molecule has 0 bridgehead atoms. The van der Waals surface area contributed by atoms with Gasteiger partial charge in [0.1, 0.15) is 0 Å². The van der Waals surface area contributed by atoms with Crippen molar-refractivity contribution in [3.05, 3.63) is 53.6 Å². The highest BCUT2D eigenvalue weighted by Gasteiger charge is 2.19. The van der Waals surface area contributed by atoms with Gasteiger partial charge in [0.15, 0.2) is 11.5 Å². The maximum atomic E-state index is 12.8. The Morgan fingerprint density at radius 1 is 1.13 bits per heavy atom. The van der Waals surface area contributed by atoms with E-state index >= 15 is 0 Å². The first-order valence-electron chi connectivity index (χ1n) is 9.95. The van der Waals surface area contributed by atoms with Crippen molar-refractivity contribution >= 4 is 23.5 Å². The number of carbonyl (C=O) groups is 2. The number of rotatable bonds is 5. The smallest absolute Gasteiger partial charge is 0.337 e. The number of carbonyl (C=O) groups excluding carboxylic acids is 2. The van der Waals surface area contributed by atoms with Gasteiger partial charge in [0.25, 0.3) is 5.91 Å². The van der Waals surface area contributed by atoms with Crippen molar-refractivity contribution in [2.45, 2.75) is 18.9 Å². The zero-order valence-electron chi connectivity index (χ0n) is 17.1. The Morgan fingerprint density at radius 3 is 2.81 bits per heavy atom. The number of aliphatic imine (C=N–C) groups is 1. The number of fused-ring (bicyclic) bond motifs is 1. The first-order chi connectivity index (χ1) is 15.1. The molecule has 2 N–H and O–H groups in total. The van der Waals surface area contributed by atoms with Crippen LogP contribution < -0.4 is 20.1 Å². The van der Waals surface area contributed by atoms with E-state index in [1.165, 1.54) is 7.11 Å². The van der Waals surface area contributed by atoms with Crippen molar-refractivity contribution < 1.29 is 28.5 Å². The zero-order chi connectivity index (χ0) is 21.6. The summed E-state index contributed by atoms with van der Waals surface area (Å²) in [7, 11) is 1.32. The fraction of sp³-hybridized carbons (Fsp3) is 0.318. The number of benzene rings is 2. The zero-order valence-corrected chi connectivity index (χ0v) is 17.1. The fourth-order valence-corrected chi connectivity index (χ4v) is 3.29. The third-order valence-corrected chi connectivity index (χ3v) is 4.89. The molecule has 0 unspecified atom stereocenters. The van der Waals surface area contributed by atoms with Crippen molar-refractivity contribution in [1.82, 2.24) is 5.32 Å². The van der Waals surface area contributed by atoms with Gasteiger partial charge in [-0.05, 0) is 49.2 Å². The summed E-state index contributed by atoms with van der Waals surface area (Å²) in [5, 5.41) is 5.87. The van der Waals surface area contributed by atoms with Gasteiger partial charge in [-0.3, -0.25) is 10.1 Å². The average molecular weight is 425 g/mol. The molecule has 0 radical (unpaired) electrons. The lowest BCUT2D eigenvalue weighted by Gasteiger charge is -2.14. The molecule has 31 heavy (non-hydrogen) atoms. The Morgan fingerprint density at radius 2 is 2.00 bits per heavy atom. The quantitative estimate of drug-likeness (QED) is 0.431. The molecule has 0 saturated carbocycles. The molecule has 0 spiro atoms. The molecular formula is C22H23N3O6. The molecule has 0 aromatic heterocycles. The Hall–Kier alpha value is -3.59. The molecule has 1 fully saturated rings. The van der Waals surface area contributed by atoms with Crippen molar-refractivity contribution in [2.24, 2.45) is 4.99 Å². The predicted octanol–water partition coefficient (Wildman–Crippen LogP) is 2.58. The SMILES string of the molecule is COC(=O)c1cccc(NC(=NC[C@H]2CCCO2)NC(=O)c2ccc3c(c2)OCO3)c1. The van der Waals surface area contributed by atoms with E-state index < -0.39 is 5.97 Å². The van der Waals surface area contributed by atoms with Gasteiger partial charge in [-0.25, -0.2) is 9.79 Å². The molecule has 1 atom stereocenters. The van der Waals surface area contributed by atoms with Crippen LogP contribution in [0.4, 0.5) is 5.69 Å². The maximum Gasteiger partial charge on any atom is 0.337 e. The number of anilines is 1. The minimum Gasteiger partial charge on any atom is -0.465 e. The molecular weight excluding hydrogens is 402 g/mol. The number of amides is 1. The predicted molar refractivity (Wildman–Crippen MR) is 113 cm³/mol. The molecule has 0 aliphatic carbocycles. The Bertz CT molecular complexity index is 1000. The maximum absolute atomic E-state index is 12.8. The van der Waals surface area contributed by atoms with Crippen LogP contribution >= 0.6 is 0 Å². The topological polar surface area (TPSA) is 107 Å². The highest BCUT2D eigenvalue weighted by atomic mass is 16.7. The number of guanidine groups is 1. The summed E-state index contributed by atoms with van der Waals surface area (Å²) in [6.45, 7) is 1.25. The van der Waals surface area contributed by atoms with Crippen LogP contribution in [0.2, 0.25) is 0 Å². The molecule has 9 nitrogen and oxygen atoms in total. The lowest BCUT2D eigenvalue weighted by atomic mass is 10.2. The number of nitrogens with zero attached hydrogens (tertiary/aromatic N) is 1. The Kier molecular flexibility index (Phi) is 6.32. The van der Waals surface area contributed by atoms with Crippen LogP contribution in [0, 0.1) is 0 Å². The number of hydrogen-bond donors (Lipinski definition) is 2. The summed E-state index contributed by atoms with van der Waals surface area (Å²) in [6.07, 6.45) is 1.93. The third-order valence-electron chi connectivity index (χ3n) is 4.89. The van der Waals surface area contributed by atoms with E-state index in [4.69, 9.17) is 18.9 Å². The van der Waals surface area contributed by atoms with Crippen LogP contribution in [0.15, 0.2) is 47.5 Å². The van der Waals surface area contributed by atoms with E-state index in [-0.39, 0.29) is 24.8 Å². The van der Waals surface area contributed by atoms with Crippen LogP contribution in [-0.2, 0) is 9.47 Å². The Labute approximate surface area is 179 Å². The second kappa shape index (κ2) is 9.48. The first-order valence-corrected chi connectivity index (χ1v) is 9.95. The molecule has 2 aliphatic heterocycles. The van der Waals surface area contributed by atoms with Crippen LogP contribution in [-0.4, -0.2) is 51.0 Å². The van der Waals surface area contributed by atoms with E-state index in [9.17, 15) is 9.59 Å². The van der Waals surface area contributed by atoms with Crippen LogP contribution in [0.5, 0.6) is 11.5 Å². The first kappa shape index (κ1) is 20.7. The van der Waals surface area contributed by atoms with Crippen molar-refractivity contribution in [3.63, 3.8) is 0 Å². The van der Waals surface area contributed by atoms with E-state index in [1.807, 2.05) is 0 Å². The van der Waals surface area contributed by atoms with Gasteiger partial charge in [0.05, 0.1) is 25.3 Å². The summed E-state index contributed by atoms with van der Waals surface area (Å²) in [5.41, 5.74) is 1.37. The summed E-state index contributed by atoms with van der Waals surface area (Å²) in [4.78, 5) is 29.2. The summed E-state index contributed by atoms with van der Waals surface area (Å²) < 4.78 is 21.0. The highest BCUT2D eigenvalue weighted by Crippen LogP contribution is 2.32. The standard InChI is InChI=1S/C22H23N3O6/c1-28-21(27)15-4-2-5-16(10-15)24-22(23-12-17-6-3-9-29-17)25-20(26)14-7-8-18-19(11-14)31-13-30-18/h2,4-5,7-8,10-11,17H,3,6,9,12-13H2,1H3,(H2,23,24,25,26)/t17-/m1/s1. The molecule has 4 rings (SSSR count). The van der Waals surface area contributed by atoms with Gasteiger partial charge >= 0.3 is 5.97 Å². The molecule has 2 aromatic carbocycles. The fourth-order valence-electron chi connectivity index (χ4n) is 3.29. The van der Waals surface area contributed by atoms with Gasteiger partial charge in [0.2, 0.25) is 12.8 Å². The van der Waals surface area contributed by atoms with Crippen LogP contribution in [0.1, 0.15) is 33.6 Å². The highest BCUT2D eigenvalue weighted by molar-refractivity contribution is 6.10. The summed E-state index contributed by atoms with van der Waals surface area (Å²) in [5.74, 6) is 0.554. The van der Waals surface area contributed by atoms with E-state index in [2.05, 4.69) is 15.6 Å². The van der Waals surface area contributed by atoms with Gasteiger partial charge < -0.3 is 24.3 Å². The largest absolute Gasteiger partial charge is 0.465 e. The number of methoxy groups -OCH3 is 1. The normalized spacial score (nSPS) is 17.3. The monoisotopic (exact) mass is 425 g/mol. The van der Waals surface area contributed by atoms with Crippen molar-refractivity contribution in [3.8, 4) is 11.5 Å². The molecule has 2 aromatic rings. The van der Waals surface area contributed by atoms with Crippen LogP contribution in [0.3, 0.4) is 0 Å². The number of esters is 1. The van der Waals surface area contributed by atoms with E-state index in [1.54, 1.807) is 42.5 Å². The second-order valence-electron chi connectivity index (χ2n) is 7.04. The molecule has 9 heteroatoms. The molecule has 1 saturated heterocycles. The summed E-state index contributed by atoms with van der Waals surface area (Å²) in [6, 6.07) is 11.7. The van der Waals surface area contributed by atoms with Gasteiger partial charge in [-0.15, -0.1) is 0 Å². The van der Waals surface area contributed by atoms with Crippen LogP contribution in [0.25, 0.3) is 0 Å². The second-order valence-corrected chi connectivity index (χ2v) is 7.04. The third kappa shape index (κ3) is 5.13. The molecule has 162 valence electrons. The van der Waals surface area contributed by atoms with E-state index in [0.29, 0.717) is 41.5 Å². The summed E-state index contributed by atoms with van der Waals surface area (Å²) >= 11 is 0. The molecule has 2 heterocycles. The lowest BCUT2D eigenvalue weighted by Crippen LogP contribution is -2.36. The number of ether oxygens (including phenoxy) is 4. The minimum absolute atomic E-state index is 0.0145. The average Bonchev–Trinajstić information content (AvgIpc) is 3.48. The minimum atomic E-state index is -0.453. The van der Waals surface area contributed by atoms with E-state index in [0.717, 1.165) is 12.8 Å². The van der Waals surface area contributed by atoms with Gasteiger partial charge in [-0.1, -0.05) is 6.07 Å². The van der Waals surface area contributed by atoms with Gasteiger partial charge in [0, 0.05) is 17.9 Å². The number of nitrogens with one attached hydrogen (secondary N) is 2. The van der Waals surface area contributed by atoms with Gasteiger partial charge in [-0.2, -0.15) is 0 Å². The number of hydrogen-bond acceptors (Lipinski definition) is 7. The lowest BCUT2D eigenvalue weighted by molar-refractivity contribution is 0.0600. The molecule has 2 aliphatic rings. The van der Waals surface area contributed by atoms with Crippen molar-refractivity contribution in [1.29, 1.82) is 0 Å². The van der Waals surface area contributed by atoms with Crippen molar-refractivity contribution in [2.75, 3.05) is 32.4 Å². The molecule has 1 amide bonds.